The molecule has 3 nitrogen and oxygen atoms in total. The Morgan fingerprint density at radius 2 is 1.79 bits per heavy atom. The molecule has 0 saturated carbocycles. The van der Waals surface area contributed by atoms with Crippen molar-refractivity contribution in [1.29, 1.82) is 0 Å². The molecule has 6 heteroatoms. The molecule has 0 unspecified atom stereocenters. The third kappa shape index (κ3) is 1.37. The van der Waals surface area contributed by atoms with Crippen LogP contribution in [0.4, 0.5) is 13.2 Å². The molecule has 14 heavy (non-hydrogen) atoms. The molecule has 1 aromatic carbocycles. The molecule has 0 aromatic heterocycles. The number of hydrogen-bond donors (Lipinski definition) is 1. The van der Waals surface area contributed by atoms with Crippen molar-refractivity contribution in [2.75, 3.05) is 6.79 Å². The normalized spacial score (nSPS) is 14.6. The third-order valence-electron chi connectivity index (χ3n) is 1.79. The second kappa shape index (κ2) is 2.78. The molecule has 1 aliphatic rings. The summed E-state index contributed by atoms with van der Waals surface area (Å²) in [4.78, 5) is 0. The Kier molecular flexibility index (Phi) is 1.81. The fraction of sp³-hybridized carbons (Fsp3) is 0.250. The van der Waals surface area contributed by atoms with Crippen molar-refractivity contribution in [3.8, 4) is 11.5 Å². The maximum atomic E-state index is 13.0. The van der Waals surface area contributed by atoms with Crippen LogP contribution in [0.2, 0.25) is 0 Å². The Bertz CT molecular complexity index is 373. The lowest BCUT2D eigenvalue weighted by Crippen LogP contribution is -2.13. The van der Waals surface area contributed by atoms with Gasteiger partial charge >= 0.3 is 6.11 Å². The number of rotatable bonds is 1. The standard InChI is InChI=1S/C8H5F3O3/c9-5-2-7-6(13-3-14-7)1-4(5)8(10,11)12/h1-2,12H,3H2. The first kappa shape index (κ1) is 9.14. The molecule has 0 radical (unpaired) electrons. The van der Waals surface area contributed by atoms with E-state index >= 15 is 0 Å². The lowest BCUT2D eigenvalue weighted by atomic mass is 10.1. The number of ether oxygens (including phenoxy) is 2. The van der Waals surface area contributed by atoms with E-state index in [0.29, 0.717) is 0 Å². The molecule has 0 amide bonds. The predicted molar refractivity (Wildman–Crippen MR) is 38.6 cm³/mol. The highest BCUT2D eigenvalue weighted by Gasteiger charge is 2.34. The zero-order chi connectivity index (χ0) is 10.3. The van der Waals surface area contributed by atoms with Gasteiger partial charge in [-0.05, 0) is 6.07 Å². The van der Waals surface area contributed by atoms with Crippen molar-refractivity contribution in [2.24, 2.45) is 0 Å². The lowest BCUT2D eigenvalue weighted by Gasteiger charge is -2.10. The Morgan fingerprint density at radius 3 is 2.36 bits per heavy atom. The van der Waals surface area contributed by atoms with Crippen LogP contribution in [0.3, 0.4) is 0 Å². The minimum absolute atomic E-state index is 0.00451. The summed E-state index contributed by atoms with van der Waals surface area (Å²) < 4.78 is 47.3. The second-order valence-electron chi connectivity index (χ2n) is 2.73. The molecule has 0 fully saturated rings. The van der Waals surface area contributed by atoms with Crippen LogP contribution in [0.15, 0.2) is 12.1 Å². The Morgan fingerprint density at radius 1 is 1.21 bits per heavy atom. The van der Waals surface area contributed by atoms with E-state index in [9.17, 15) is 13.2 Å². The van der Waals surface area contributed by atoms with E-state index in [0.717, 1.165) is 12.1 Å². The molecule has 76 valence electrons. The molecule has 1 N–H and O–H groups in total. The summed E-state index contributed by atoms with van der Waals surface area (Å²) in [5.74, 6) is -1.19. The van der Waals surface area contributed by atoms with Gasteiger partial charge in [-0.3, -0.25) is 0 Å². The van der Waals surface area contributed by atoms with E-state index in [4.69, 9.17) is 14.6 Å². The van der Waals surface area contributed by atoms with Crippen LogP contribution in [-0.2, 0) is 6.11 Å². The molecule has 0 bridgehead atoms. The first-order valence-electron chi connectivity index (χ1n) is 3.68. The largest absolute Gasteiger partial charge is 0.454 e. The first-order valence-corrected chi connectivity index (χ1v) is 3.68. The average Bonchev–Trinajstić information content (AvgIpc) is 2.47. The number of aliphatic hydroxyl groups is 1. The number of halogens is 3. The van der Waals surface area contributed by atoms with Gasteiger partial charge in [-0.15, -0.1) is 0 Å². The molecule has 1 heterocycles. The number of hydrogen-bond acceptors (Lipinski definition) is 3. The zero-order valence-corrected chi connectivity index (χ0v) is 6.76. The van der Waals surface area contributed by atoms with Crippen LogP contribution in [0.1, 0.15) is 5.56 Å². The van der Waals surface area contributed by atoms with E-state index in [2.05, 4.69) is 0 Å². The molecule has 1 aromatic rings. The molecule has 0 aliphatic carbocycles. The highest BCUT2D eigenvalue weighted by atomic mass is 19.3. The van der Waals surface area contributed by atoms with Gasteiger partial charge in [0, 0.05) is 6.07 Å². The van der Waals surface area contributed by atoms with Crippen LogP contribution in [-0.4, -0.2) is 11.9 Å². The van der Waals surface area contributed by atoms with Gasteiger partial charge in [-0.2, -0.15) is 8.78 Å². The van der Waals surface area contributed by atoms with Gasteiger partial charge < -0.3 is 14.6 Å². The molecule has 0 spiro atoms. The van der Waals surface area contributed by atoms with Crippen LogP contribution >= 0.6 is 0 Å². The summed E-state index contributed by atoms with van der Waals surface area (Å²) in [6, 6.07) is 1.47. The molecule has 2 rings (SSSR count). The minimum atomic E-state index is -4.22. The lowest BCUT2D eigenvalue weighted by molar-refractivity contribution is -0.210. The quantitative estimate of drug-likeness (QED) is 0.758. The summed E-state index contributed by atoms with van der Waals surface area (Å²) in [5.41, 5.74) is -1.12. The molecular weight excluding hydrogens is 201 g/mol. The van der Waals surface area contributed by atoms with Gasteiger partial charge in [0.25, 0.3) is 0 Å². The van der Waals surface area contributed by atoms with Gasteiger partial charge in [0.2, 0.25) is 6.79 Å². The maximum absolute atomic E-state index is 13.0. The third-order valence-corrected chi connectivity index (χ3v) is 1.79. The Hall–Kier alpha value is -1.43. The summed E-state index contributed by atoms with van der Waals surface area (Å²) in [7, 11) is 0. The molecule has 1 aliphatic heterocycles. The van der Waals surface area contributed by atoms with Crippen LogP contribution < -0.4 is 9.47 Å². The molecule has 0 atom stereocenters. The number of alkyl halides is 2. The smallest absolute Gasteiger partial charge is 0.383 e. The Balaban J connectivity index is 2.53. The van der Waals surface area contributed by atoms with Gasteiger partial charge in [0.15, 0.2) is 11.5 Å². The predicted octanol–water partition coefficient (Wildman–Crippen LogP) is 1.60. The minimum Gasteiger partial charge on any atom is -0.454 e. The van der Waals surface area contributed by atoms with Crippen LogP contribution in [0.5, 0.6) is 11.5 Å². The van der Waals surface area contributed by atoms with Gasteiger partial charge in [0.1, 0.15) is 5.82 Å². The van der Waals surface area contributed by atoms with E-state index in [1.54, 1.807) is 0 Å². The van der Waals surface area contributed by atoms with E-state index in [1.165, 1.54) is 0 Å². The summed E-state index contributed by atoms with van der Waals surface area (Å²) in [6.07, 6.45) is -4.22. The number of fused-ring (bicyclic) bond motifs is 1. The fourth-order valence-corrected chi connectivity index (χ4v) is 1.15. The first-order chi connectivity index (χ1) is 6.48. The van der Waals surface area contributed by atoms with Crippen molar-refractivity contribution >= 4 is 0 Å². The van der Waals surface area contributed by atoms with Crippen LogP contribution in [0, 0.1) is 5.82 Å². The maximum Gasteiger partial charge on any atom is 0.383 e. The van der Waals surface area contributed by atoms with E-state index in [1.807, 2.05) is 0 Å². The highest BCUT2D eigenvalue weighted by molar-refractivity contribution is 5.46. The monoisotopic (exact) mass is 206 g/mol. The highest BCUT2D eigenvalue weighted by Crippen LogP contribution is 2.38. The van der Waals surface area contributed by atoms with Crippen molar-refractivity contribution < 1.29 is 27.8 Å². The molecular formula is C8H5F3O3. The zero-order valence-electron chi connectivity index (χ0n) is 6.76. The summed E-state index contributed by atoms with van der Waals surface area (Å²) in [5, 5.41) is 8.33. The van der Waals surface area contributed by atoms with Crippen molar-refractivity contribution in [2.45, 2.75) is 6.11 Å². The topological polar surface area (TPSA) is 38.7 Å². The van der Waals surface area contributed by atoms with Crippen LogP contribution in [0.25, 0.3) is 0 Å². The fourth-order valence-electron chi connectivity index (χ4n) is 1.15. The SMILES string of the molecule is OC(F)(F)c1cc2c(cc1F)OCO2. The van der Waals surface area contributed by atoms with Crippen molar-refractivity contribution in [1.82, 2.24) is 0 Å². The summed E-state index contributed by atoms with van der Waals surface area (Å²) in [6.45, 7) is -0.144. The second-order valence-corrected chi connectivity index (χ2v) is 2.73. The van der Waals surface area contributed by atoms with E-state index in [-0.39, 0.29) is 18.3 Å². The number of benzene rings is 1. The average molecular weight is 206 g/mol. The summed E-state index contributed by atoms with van der Waals surface area (Å²) >= 11 is 0. The Labute approximate surface area is 76.7 Å². The van der Waals surface area contributed by atoms with Crippen molar-refractivity contribution in [3.05, 3.63) is 23.5 Å². The van der Waals surface area contributed by atoms with Gasteiger partial charge in [-0.25, -0.2) is 4.39 Å². The van der Waals surface area contributed by atoms with Crippen molar-refractivity contribution in [3.63, 3.8) is 0 Å². The van der Waals surface area contributed by atoms with Gasteiger partial charge in [0.05, 0.1) is 5.56 Å². The van der Waals surface area contributed by atoms with E-state index < -0.39 is 17.5 Å². The van der Waals surface area contributed by atoms with Gasteiger partial charge in [-0.1, -0.05) is 0 Å². The molecule has 0 saturated heterocycles.